The Kier molecular flexibility index (Phi) is 10.3. The molecule has 0 aliphatic rings. The molecule has 0 aliphatic heterocycles. The second kappa shape index (κ2) is 11.0. The van der Waals surface area contributed by atoms with Gasteiger partial charge >= 0.3 is 0 Å². The first-order chi connectivity index (χ1) is 10.4. The number of nitrogens with one attached hydrogen (secondary N) is 3. The quantitative estimate of drug-likeness (QED) is 0.677. The van der Waals surface area contributed by atoms with Gasteiger partial charge in [0.1, 0.15) is 6.04 Å². The Morgan fingerprint density at radius 3 is 2.22 bits per heavy atom. The molecule has 0 bridgehead atoms. The highest BCUT2D eigenvalue weighted by Crippen LogP contribution is 2.13. The summed E-state index contributed by atoms with van der Waals surface area (Å²) < 4.78 is 0. The maximum Gasteiger partial charge on any atom is 0.247 e. The number of likely N-dealkylation sites (N-methyl/N-ethyl adjacent to an activating group) is 1. The van der Waals surface area contributed by atoms with Crippen LogP contribution in [0.2, 0.25) is 0 Å². The molecule has 2 atom stereocenters. The summed E-state index contributed by atoms with van der Waals surface area (Å²) in [5, 5.41) is 8.77. The molecule has 2 unspecified atom stereocenters. The monoisotopic (exact) mass is 341 g/mol. The van der Waals surface area contributed by atoms with Gasteiger partial charge in [-0.2, -0.15) is 0 Å². The van der Waals surface area contributed by atoms with Gasteiger partial charge < -0.3 is 16.0 Å². The van der Waals surface area contributed by atoms with Crippen LogP contribution in [0.1, 0.15) is 38.8 Å². The summed E-state index contributed by atoms with van der Waals surface area (Å²) in [6.45, 7) is 6.45. The summed E-state index contributed by atoms with van der Waals surface area (Å²) in [6.07, 6.45) is 0.406. The molecule has 23 heavy (non-hydrogen) atoms. The van der Waals surface area contributed by atoms with Crippen molar-refractivity contribution in [2.24, 2.45) is 5.92 Å². The van der Waals surface area contributed by atoms with E-state index >= 15 is 0 Å². The molecule has 0 saturated carbocycles. The molecule has 1 rings (SSSR count). The summed E-state index contributed by atoms with van der Waals surface area (Å²) in [5.41, 5.74) is 0.786. The first-order valence-electron chi connectivity index (χ1n) is 7.73. The second-order valence-corrected chi connectivity index (χ2v) is 5.94. The smallest absolute Gasteiger partial charge is 0.247 e. The van der Waals surface area contributed by atoms with E-state index in [4.69, 9.17) is 0 Å². The molecule has 5 nitrogen and oxygen atoms in total. The fraction of sp³-hybridized carbons (Fsp3) is 0.529. The van der Waals surface area contributed by atoms with E-state index in [1.54, 1.807) is 0 Å². The molecular weight excluding hydrogens is 314 g/mol. The minimum atomic E-state index is -0.656. The van der Waals surface area contributed by atoms with Gasteiger partial charge in [-0.15, -0.1) is 12.4 Å². The van der Waals surface area contributed by atoms with Crippen molar-refractivity contribution < 1.29 is 9.59 Å². The van der Waals surface area contributed by atoms with Crippen molar-refractivity contribution in [1.29, 1.82) is 0 Å². The van der Waals surface area contributed by atoms with Crippen LogP contribution in [0.3, 0.4) is 0 Å². The van der Waals surface area contributed by atoms with Crippen molar-refractivity contribution in [1.82, 2.24) is 16.0 Å². The standard InChI is InChI=1S/C17H27N3O2.ClH/c1-12(2)10-15(21)20-16(14-8-6-5-7-9-14)17(22)19-11-13(3)18-4;/h5-9,12-13,16,18H,10-11H2,1-4H3,(H,19,22)(H,20,21);1H. The average Bonchev–Trinajstić information content (AvgIpc) is 2.50. The molecule has 0 aliphatic carbocycles. The summed E-state index contributed by atoms with van der Waals surface area (Å²) in [4.78, 5) is 24.5. The zero-order valence-electron chi connectivity index (χ0n) is 14.3. The van der Waals surface area contributed by atoms with Crippen LogP contribution in [0.15, 0.2) is 30.3 Å². The van der Waals surface area contributed by atoms with Crippen LogP contribution in [-0.2, 0) is 9.59 Å². The number of amides is 2. The van der Waals surface area contributed by atoms with E-state index in [1.807, 2.05) is 58.2 Å². The van der Waals surface area contributed by atoms with Crippen LogP contribution in [0.5, 0.6) is 0 Å². The molecule has 1 aromatic rings. The van der Waals surface area contributed by atoms with Crippen LogP contribution in [0.4, 0.5) is 0 Å². The van der Waals surface area contributed by atoms with Crippen LogP contribution < -0.4 is 16.0 Å². The molecule has 0 spiro atoms. The third-order valence-corrected chi connectivity index (χ3v) is 3.37. The maximum absolute atomic E-state index is 12.4. The summed E-state index contributed by atoms with van der Waals surface area (Å²) in [7, 11) is 1.84. The van der Waals surface area contributed by atoms with Crippen LogP contribution >= 0.6 is 12.4 Å². The fourth-order valence-corrected chi connectivity index (χ4v) is 1.99. The van der Waals surface area contributed by atoms with Gasteiger partial charge in [-0.05, 0) is 25.5 Å². The highest BCUT2D eigenvalue weighted by atomic mass is 35.5. The Morgan fingerprint density at radius 1 is 1.09 bits per heavy atom. The van der Waals surface area contributed by atoms with Gasteiger partial charge in [0.25, 0.3) is 0 Å². The van der Waals surface area contributed by atoms with Crippen molar-refractivity contribution in [3.63, 3.8) is 0 Å². The fourth-order valence-electron chi connectivity index (χ4n) is 1.99. The Morgan fingerprint density at radius 2 is 1.70 bits per heavy atom. The molecule has 0 heterocycles. The number of benzene rings is 1. The molecule has 2 amide bonds. The second-order valence-electron chi connectivity index (χ2n) is 5.94. The maximum atomic E-state index is 12.4. The van der Waals surface area contributed by atoms with Crippen molar-refractivity contribution in [3.8, 4) is 0 Å². The number of rotatable bonds is 8. The molecule has 0 radical (unpaired) electrons. The van der Waals surface area contributed by atoms with Gasteiger partial charge in [0.05, 0.1) is 0 Å². The van der Waals surface area contributed by atoms with E-state index in [2.05, 4.69) is 16.0 Å². The highest BCUT2D eigenvalue weighted by molar-refractivity contribution is 5.88. The molecular formula is C17H28ClN3O2. The lowest BCUT2D eigenvalue weighted by Gasteiger charge is -2.20. The summed E-state index contributed by atoms with van der Waals surface area (Å²) >= 11 is 0. The minimum Gasteiger partial charge on any atom is -0.352 e. The van der Waals surface area contributed by atoms with Gasteiger partial charge in [0.2, 0.25) is 11.8 Å². The molecule has 3 N–H and O–H groups in total. The number of halogens is 1. The third kappa shape index (κ3) is 8.00. The zero-order chi connectivity index (χ0) is 16.5. The topological polar surface area (TPSA) is 70.2 Å². The van der Waals surface area contributed by atoms with E-state index in [0.717, 1.165) is 5.56 Å². The van der Waals surface area contributed by atoms with Gasteiger partial charge in [-0.1, -0.05) is 44.2 Å². The third-order valence-electron chi connectivity index (χ3n) is 3.37. The molecule has 1 aromatic carbocycles. The lowest BCUT2D eigenvalue weighted by atomic mass is 10.0. The predicted molar refractivity (Wildman–Crippen MR) is 95.6 cm³/mol. The van der Waals surface area contributed by atoms with E-state index in [-0.39, 0.29) is 36.2 Å². The molecule has 130 valence electrons. The molecule has 0 saturated heterocycles. The number of carbonyl (C=O) groups is 2. The Balaban J connectivity index is 0.00000484. The molecule has 0 aromatic heterocycles. The van der Waals surface area contributed by atoms with Crippen molar-refractivity contribution >= 4 is 24.2 Å². The number of hydrogen-bond donors (Lipinski definition) is 3. The van der Waals surface area contributed by atoms with E-state index in [0.29, 0.717) is 13.0 Å². The van der Waals surface area contributed by atoms with E-state index in [1.165, 1.54) is 0 Å². The van der Waals surface area contributed by atoms with Gasteiger partial charge in [0, 0.05) is 19.0 Å². The average molecular weight is 342 g/mol. The van der Waals surface area contributed by atoms with Crippen molar-refractivity contribution in [2.75, 3.05) is 13.6 Å². The van der Waals surface area contributed by atoms with E-state index < -0.39 is 6.04 Å². The lowest BCUT2D eigenvalue weighted by molar-refractivity contribution is -0.129. The predicted octanol–water partition coefficient (Wildman–Crippen LogP) is 2.04. The minimum absolute atomic E-state index is 0. The zero-order valence-corrected chi connectivity index (χ0v) is 15.1. The summed E-state index contributed by atoms with van der Waals surface area (Å²) in [5.74, 6) is -0.0464. The lowest BCUT2D eigenvalue weighted by Crippen LogP contribution is -2.44. The van der Waals surface area contributed by atoms with Crippen molar-refractivity contribution in [2.45, 2.75) is 39.3 Å². The Bertz CT molecular complexity index is 480. The SMILES string of the molecule is CNC(C)CNC(=O)C(NC(=O)CC(C)C)c1ccccc1.Cl. The Labute approximate surface area is 145 Å². The first-order valence-corrected chi connectivity index (χ1v) is 7.73. The number of carbonyl (C=O) groups excluding carboxylic acids is 2. The summed E-state index contributed by atoms with van der Waals surface area (Å²) in [6, 6.07) is 8.82. The highest BCUT2D eigenvalue weighted by Gasteiger charge is 2.22. The van der Waals surface area contributed by atoms with E-state index in [9.17, 15) is 9.59 Å². The van der Waals surface area contributed by atoms with Crippen LogP contribution in [0, 0.1) is 5.92 Å². The molecule has 6 heteroatoms. The Hall–Kier alpha value is -1.59. The first kappa shape index (κ1) is 21.4. The van der Waals surface area contributed by atoms with Gasteiger partial charge in [-0.25, -0.2) is 0 Å². The van der Waals surface area contributed by atoms with Crippen molar-refractivity contribution in [3.05, 3.63) is 35.9 Å². The van der Waals surface area contributed by atoms with Gasteiger partial charge in [0.15, 0.2) is 0 Å². The number of hydrogen-bond acceptors (Lipinski definition) is 3. The largest absolute Gasteiger partial charge is 0.352 e. The normalized spacial score (nSPS) is 12.9. The van der Waals surface area contributed by atoms with Crippen LogP contribution in [0.25, 0.3) is 0 Å². The van der Waals surface area contributed by atoms with Gasteiger partial charge in [-0.3, -0.25) is 9.59 Å². The molecule has 0 fully saturated rings. The van der Waals surface area contributed by atoms with Crippen LogP contribution in [-0.4, -0.2) is 31.4 Å².